The minimum absolute atomic E-state index is 0.226. The van der Waals surface area contributed by atoms with Crippen LogP contribution in [0.25, 0.3) is 17.0 Å². The third-order valence-corrected chi connectivity index (χ3v) is 5.69. The number of aromatic nitrogens is 2. The number of thiocarbonyl (C=S) groups is 1. The van der Waals surface area contributed by atoms with Crippen molar-refractivity contribution in [1.29, 1.82) is 0 Å². The lowest BCUT2D eigenvalue weighted by Crippen LogP contribution is -2.45. The summed E-state index contributed by atoms with van der Waals surface area (Å²) in [5.41, 5.74) is 3.68. The minimum Gasteiger partial charge on any atom is -0.497 e. The fourth-order valence-corrected chi connectivity index (χ4v) is 4.07. The van der Waals surface area contributed by atoms with Gasteiger partial charge in [-0.2, -0.15) is 4.98 Å². The molecule has 0 saturated heterocycles. The number of allylic oxidation sites excluding steroid dienone is 1. The molecule has 1 aliphatic heterocycles. The predicted octanol–water partition coefficient (Wildman–Crippen LogP) is 5.08. The van der Waals surface area contributed by atoms with E-state index in [0.29, 0.717) is 21.9 Å². The number of hydrogen-bond donors (Lipinski definition) is 1. The molecular weight excluding hydrogens is 420 g/mol. The van der Waals surface area contributed by atoms with E-state index < -0.39 is 0 Å². The van der Waals surface area contributed by atoms with Gasteiger partial charge < -0.3 is 19.5 Å². The van der Waals surface area contributed by atoms with Crippen LogP contribution in [0.3, 0.4) is 0 Å². The quantitative estimate of drug-likeness (QED) is 0.555. The number of ether oxygens (including phenoxy) is 1. The van der Waals surface area contributed by atoms with Gasteiger partial charge in [0.1, 0.15) is 5.75 Å². The van der Waals surface area contributed by atoms with Crippen molar-refractivity contribution in [2.75, 3.05) is 13.7 Å². The highest BCUT2D eigenvalue weighted by atomic mass is 35.5. The molecular formula is C22H21ClN4O2S. The molecule has 2 aromatic carbocycles. The highest BCUT2D eigenvalue weighted by Gasteiger charge is 2.33. The van der Waals surface area contributed by atoms with E-state index in [9.17, 15) is 0 Å². The van der Waals surface area contributed by atoms with Crippen LogP contribution in [0.1, 0.15) is 31.3 Å². The first-order valence-corrected chi connectivity index (χ1v) is 10.3. The van der Waals surface area contributed by atoms with Crippen LogP contribution in [-0.4, -0.2) is 33.8 Å². The Hall–Kier alpha value is -2.90. The van der Waals surface area contributed by atoms with E-state index >= 15 is 0 Å². The van der Waals surface area contributed by atoms with Crippen molar-refractivity contribution < 1.29 is 9.26 Å². The Labute approximate surface area is 185 Å². The van der Waals surface area contributed by atoms with Crippen LogP contribution in [0.15, 0.2) is 58.8 Å². The van der Waals surface area contributed by atoms with E-state index in [4.69, 9.17) is 33.1 Å². The van der Waals surface area contributed by atoms with E-state index in [2.05, 4.69) is 15.5 Å². The molecule has 1 aliphatic rings. The maximum absolute atomic E-state index is 6.09. The first kappa shape index (κ1) is 20.4. The number of rotatable bonds is 5. The van der Waals surface area contributed by atoms with E-state index in [0.717, 1.165) is 34.7 Å². The Morgan fingerprint density at radius 3 is 2.70 bits per heavy atom. The van der Waals surface area contributed by atoms with Crippen LogP contribution >= 0.6 is 23.8 Å². The summed E-state index contributed by atoms with van der Waals surface area (Å²) in [5, 5.41) is 8.95. The van der Waals surface area contributed by atoms with Gasteiger partial charge in [-0.3, -0.25) is 0 Å². The third-order valence-electron chi connectivity index (χ3n) is 5.10. The summed E-state index contributed by atoms with van der Waals surface area (Å²) in [6, 6.07) is 15.0. The second kappa shape index (κ2) is 8.45. The number of nitrogens with one attached hydrogen (secondary N) is 1. The van der Waals surface area contributed by atoms with Gasteiger partial charge in [0.2, 0.25) is 5.82 Å². The van der Waals surface area contributed by atoms with Gasteiger partial charge in [-0.05, 0) is 55.9 Å². The van der Waals surface area contributed by atoms with Crippen molar-refractivity contribution in [2.24, 2.45) is 0 Å². The van der Waals surface area contributed by atoms with Gasteiger partial charge in [0.05, 0.1) is 18.7 Å². The van der Waals surface area contributed by atoms with E-state index in [1.165, 1.54) is 0 Å². The molecule has 8 heteroatoms. The summed E-state index contributed by atoms with van der Waals surface area (Å²) in [5.74, 6) is 1.67. The Morgan fingerprint density at radius 1 is 1.23 bits per heavy atom. The summed E-state index contributed by atoms with van der Waals surface area (Å²) in [7, 11) is 1.63. The second-order valence-corrected chi connectivity index (χ2v) is 7.66. The Bertz CT molecular complexity index is 1110. The second-order valence-electron chi connectivity index (χ2n) is 6.83. The molecule has 1 atom stereocenters. The van der Waals surface area contributed by atoms with E-state index in [1.54, 1.807) is 7.11 Å². The van der Waals surface area contributed by atoms with Gasteiger partial charge in [-0.25, -0.2) is 0 Å². The van der Waals surface area contributed by atoms with Crippen molar-refractivity contribution in [3.05, 3.63) is 70.7 Å². The van der Waals surface area contributed by atoms with Crippen molar-refractivity contribution in [2.45, 2.75) is 19.9 Å². The third kappa shape index (κ3) is 3.78. The number of hydrogen-bond acceptors (Lipinski definition) is 5. The van der Waals surface area contributed by atoms with Gasteiger partial charge in [-0.1, -0.05) is 41.0 Å². The number of nitrogens with zero attached hydrogens (tertiary/aromatic N) is 3. The van der Waals surface area contributed by atoms with Crippen LogP contribution in [0.2, 0.25) is 5.02 Å². The van der Waals surface area contributed by atoms with Crippen molar-refractivity contribution in [3.63, 3.8) is 0 Å². The molecule has 6 nitrogen and oxygen atoms in total. The first-order valence-electron chi connectivity index (χ1n) is 9.54. The lowest BCUT2D eigenvalue weighted by molar-refractivity contribution is 0.398. The average Bonchev–Trinajstić information content (AvgIpc) is 3.24. The van der Waals surface area contributed by atoms with Crippen LogP contribution in [0.4, 0.5) is 0 Å². The van der Waals surface area contributed by atoms with Crippen LogP contribution in [0.5, 0.6) is 5.75 Å². The minimum atomic E-state index is -0.226. The van der Waals surface area contributed by atoms with Crippen molar-refractivity contribution in [3.8, 4) is 17.1 Å². The molecule has 0 radical (unpaired) electrons. The molecule has 30 heavy (non-hydrogen) atoms. The average molecular weight is 441 g/mol. The van der Waals surface area contributed by atoms with Gasteiger partial charge in [0.15, 0.2) is 5.11 Å². The van der Waals surface area contributed by atoms with E-state index in [-0.39, 0.29) is 6.04 Å². The number of methoxy groups -OCH3 is 1. The van der Waals surface area contributed by atoms with Crippen molar-refractivity contribution >= 4 is 34.5 Å². The largest absolute Gasteiger partial charge is 0.497 e. The maximum atomic E-state index is 6.09. The smallest absolute Gasteiger partial charge is 0.258 e. The van der Waals surface area contributed by atoms with Crippen LogP contribution in [-0.2, 0) is 0 Å². The molecule has 0 bridgehead atoms. The molecule has 0 fully saturated rings. The highest BCUT2D eigenvalue weighted by Crippen LogP contribution is 2.37. The molecule has 3 aromatic rings. The van der Waals surface area contributed by atoms with E-state index in [1.807, 2.05) is 67.3 Å². The normalized spacial score (nSPS) is 16.6. The van der Waals surface area contributed by atoms with Crippen LogP contribution < -0.4 is 10.1 Å². The zero-order chi connectivity index (χ0) is 21.3. The van der Waals surface area contributed by atoms with Gasteiger partial charge >= 0.3 is 0 Å². The SMILES string of the molecule is CCN1C(=S)NC(c2ccc(Cl)cc2)C(c2nc(-c3cccc(OC)c3)no2)=C1C. The number of halogens is 1. The summed E-state index contributed by atoms with van der Waals surface area (Å²) < 4.78 is 11.0. The van der Waals surface area contributed by atoms with Gasteiger partial charge in [-0.15, -0.1) is 0 Å². The molecule has 1 aromatic heterocycles. The highest BCUT2D eigenvalue weighted by molar-refractivity contribution is 7.80. The molecule has 1 unspecified atom stereocenters. The molecule has 0 aliphatic carbocycles. The molecule has 154 valence electrons. The fourth-order valence-electron chi connectivity index (χ4n) is 3.56. The molecule has 4 rings (SSSR count). The molecule has 0 amide bonds. The lowest BCUT2D eigenvalue weighted by atomic mass is 9.95. The summed E-state index contributed by atoms with van der Waals surface area (Å²) >= 11 is 11.7. The topological polar surface area (TPSA) is 63.4 Å². The van der Waals surface area contributed by atoms with Crippen molar-refractivity contribution in [1.82, 2.24) is 20.4 Å². The maximum Gasteiger partial charge on any atom is 0.258 e. The van der Waals surface area contributed by atoms with Gasteiger partial charge in [0, 0.05) is 22.8 Å². The zero-order valence-electron chi connectivity index (χ0n) is 16.8. The van der Waals surface area contributed by atoms with Crippen LogP contribution in [0, 0.1) is 0 Å². The fraction of sp³-hybridized carbons (Fsp3) is 0.227. The number of benzene rings is 2. The first-order chi connectivity index (χ1) is 14.5. The summed E-state index contributed by atoms with van der Waals surface area (Å²) in [4.78, 5) is 6.71. The molecule has 0 saturated carbocycles. The lowest BCUT2D eigenvalue weighted by Gasteiger charge is -2.36. The summed E-state index contributed by atoms with van der Waals surface area (Å²) in [6.07, 6.45) is 0. The standard InChI is InChI=1S/C22H21ClN4O2S/c1-4-27-13(2)18(19(24-22(27)30)14-8-10-16(23)11-9-14)21-25-20(26-29-21)15-6-5-7-17(12-15)28-3/h5-12,19H,4H2,1-3H3,(H,24,30). The zero-order valence-corrected chi connectivity index (χ0v) is 18.4. The predicted molar refractivity (Wildman–Crippen MR) is 121 cm³/mol. The monoisotopic (exact) mass is 440 g/mol. The Balaban J connectivity index is 1.80. The Morgan fingerprint density at radius 2 is 2.00 bits per heavy atom. The Kier molecular flexibility index (Phi) is 5.74. The molecule has 0 spiro atoms. The molecule has 1 N–H and O–H groups in total. The summed E-state index contributed by atoms with van der Waals surface area (Å²) in [6.45, 7) is 4.79. The molecule has 2 heterocycles. The van der Waals surface area contributed by atoms with Gasteiger partial charge in [0.25, 0.3) is 5.89 Å².